The normalized spacial score (nSPS) is 21.6. The summed E-state index contributed by atoms with van der Waals surface area (Å²) in [6.45, 7) is 3.78. The van der Waals surface area contributed by atoms with Crippen LogP contribution in [0.4, 0.5) is 0 Å². The first kappa shape index (κ1) is 14.3. The van der Waals surface area contributed by atoms with Crippen LogP contribution in [0.25, 0.3) is 0 Å². The van der Waals surface area contributed by atoms with Gasteiger partial charge in [0.25, 0.3) is 0 Å². The Hall–Kier alpha value is -1.07. The van der Waals surface area contributed by atoms with E-state index in [2.05, 4.69) is 11.4 Å². The van der Waals surface area contributed by atoms with E-state index < -0.39 is 15.1 Å². The van der Waals surface area contributed by atoms with Crippen LogP contribution in [-0.2, 0) is 16.3 Å². The second-order valence-electron chi connectivity index (χ2n) is 5.30. The molecule has 0 spiro atoms. The number of rotatable bonds is 4. The van der Waals surface area contributed by atoms with E-state index in [1.165, 1.54) is 6.26 Å². The van der Waals surface area contributed by atoms with Crippen molar-refractivity contribution in [2.75, 3.05) is 13.3 Å². The fourth-order valence-electron chi connectivity index (χ4n) is 2.56. The summed E-state index contributed by atoms with van der Waals surface area (Å²) in [7, 11) is -1.29. The van der Waals surface area contributed by atoms with Crippen LogP contribution in [0.2, 0.25) is 0 Å². The Kier molecular flexibility index (Phi) is 3.87. The second kappa shape index (κ2) is 5.13. The Bertz CT molecular complexity index is 568. The SMILES string of the molecule is CNC(c1ccc2c(c1)CC(C)O2)C(C)S(C)(=O)=O. The molecule has 1 aromatic carbocycles. The van der Waals surface area contributed by atoms with Crippen LogP contribution in [0.3, 0.4) is 0 Å². The largest absolute Gasteiger partial charge is 0.490 e. The van der Waals surface area contributed by atoms with E-state index in [0.717, 1.165) is 23.3 Å². The lowest BCUT2D eigenvalue weighted by molar-refractivity contribution is 0.254. The molecule has 106 valence electrons. The third kappa shape index (κ3) is 2.92. The molecule has 4 nitrogen and oxygen atoms in total. The van der Waals surface area contributed by atoms with Crippen LogP contribution in [0.15, 0.2) is 18.2 Å². The molecule has 2 rings (SSSR count). The van der Waals surface area contributed by atoms with E-state index in [0.29, 0.717) is 0 Å². The first-order valence-corrected chi connectivity index (χ1v) is 8.44. The van der Waals surface area contributed by atoms with E-state index >= 15 is 0 Å². The number of hydrogen-bond acceptors (Lipinski definition) is 4. The van der Waals surface area contributed by atoms with Gasteiger partial charge < -0.3 is 10.1 Å². The van der Waals surface area contributed by atoms with Crippen molar-refractivity contribution in [3.05, 3.63) is 29.3 Å². The molecule has 1 N–H and O–H groups in total. The Morgan fingerprint density at radius 1 is 1.42 bits per heavy atom. The standard InChI is InChI=1S/C14H21NO3S/c1-9-7-12-8-11(5-6-13(12)18-9)14(15-3)10(2)19(4,16)17/h5-6,8-10,14-15H,7H2,1-4H3. The van der Waals surface area contributed by atoms with Gasteiger partial charge in [0.1, 0.15) is 11.9 Å². The second-order valence-corrected chi connectivity index (χ2v) is 7.70. The predicted molar refractivity (Wildman–Crippen MR) is 76.3 cm³/mol. The number of benzene rings is 1. The Morgan fingerprint density at radius 2 is 2.11 bits per heavy atom. The maximum atomic E-state index is 11.7. The minimum atomic E-state index is -3.08. The third-order valence-corrected chi connectivity index (χ3v) is 5.36. The molecule has 0 aliphatic carbocycles. The summed E-state index contributed by atoms with van der Waals surface area (Å²) < 4.78 is 29.1. The maximum absolute atomic E-state index is 11.7. The van der Waals surface area contributed by atoms with Gasteiger partial charge in [0.05, 0.1) is 5.25 Å². The molecule has 1 heterocycles. The Morgan fingerprint density at radius 3 is 2.68 bits per heavy atom. The molecule has 3 atom stereocenters. The Labute approximate surface area is 115 Å². The van der Waals surface area contributed by atoms with Gasteiger partial charge in [0.2, 0.25) is 0 Å². The lowest BCUT2D eigenvalue weighted by Crippen LogP contribution is -2.33. The smallest absolute Gasteiger partial charge is 0.151 e. The number of ether oxygens (including phenoxy) is 1. The molecule has 3 unspecified atom stereocenters. The van der Waals surface area contributed by atoms with E-state index in [1.54, 1.807) is 14.0 Å². The molecule has 0 saturated heterocycles. The van der Waals surface area contributed by atoms with Crippen molar-refractivity contribution in [1.29, 1.82) is 0 Å². The minimum Gasteiger partial charge on any atom is -0.490 e. The van der Waals surface area contributed by atoms with Gasteiger partial charge in [-0.3, -0.25) is 0 Å². The number of sulfone groups is 1. The van der Waals surface area contributed by atoms with Crippen molar-refractivity contribution in [3.8, 4) is 5.75 Å². The quantitative estimate of drug-likeness (QED) is 0.914. The predicted octanol–water partition coefficient (Wildman–Crippen LogP) is 1.70. The highest BCUT2D eigenvalue weighted by Gasteiger charge is 2.28. The van der Waals surface area contributed by atoms with Gasteiger partial charge in [-0.25, -0.2) is 8.42 Å². The third-order valence-electron chi connectivity index (χ3n) is 3.73. The van der Waals surface area contributed by atoms with Crippen LogP contribution < -0.4 is 10.1 Å². The zero-order chi connectivity index (χ0) is 14.2. The van der Waals surface area contributed by atoms with Crippen LogP contribution >= 0.6 is 0 Å². The monoisotopic (exact) mass is 283 g/mol. The van der Waals surface area contributed by atoms with Crippen molar-refractivity contribution in [1.82, 2.24) is 5.32 Å². The zero-order valence-corrected chi connectivity index (χ0v) is 12.6. The minimum absolute atomic E-state index is 0.198. The highest BCUT2D eigenvalue weighted by Crippen LogP contribution is 2.32. The molecule has 1 aromatic rings. The lowest BCUT2D eigenvalue weighted by atomic mass is 10.00. The van der Waals surface area contributed by atoms with Gasteiger partial charge in [-0.1, -0.05) is 12.1 Å². The molecule has 1 aliphatic heterocycles. The average molecular weight is 283 g/mol. The van der Waals surface area contributed by atoms with Crippen LogP contribution in [-0.4, -0.2) is 33.1 Å². The number of hydrogen-bond donors (Lipinski definition) is 1. The summed E-state index contributed by atoms with van der Waals surface area (Å²) >= 11 is 0. The van der Waals surface area contributed by atoms with E-state index in [1.807, 2.05) is 19.1 Å². The summed E-state index contributed by atoms with van der Waals surface area (Å²) in [6.07, 6.45) is 2.36. The lowest BCUT2D eigenvalue weighted by Gasteiger charge is -2.23. The van der Waals surface area contributed by atoms with Gasteiger partial charge >= 0.3 is 0 Å². The van der Waals surface area contributed by atoms with Gasteiger partial charge in [0, 0.05) is 18.7 Å². The molecule has 0 radical (unpaired) electrons. The van der Waals surface area contributed by atoms with Crippen molar-refractivity contribution in [3.63, 3.8) is 0 Å². The Balaban J connectivity index is 2.33. The van der Waals surface area contributed by atoms with Gasteiger partial charge in [-0.2, -0.15) is 0 Å². The van der Waals surface area contributed by atoms with Crippen molar-refractivity contribution in [2.45, 2.75) is 37.7 Å². The van der Waals surface area contributed by atoms with Crippen LogP contribution in [0.1, 0.15) is 31.0 Å². The summed E-state index contributed by atoms with van der Waals surface area (Å²) in [5.41, 5.74) is 2.16. The van der Waals surface area contributed by atoms with Crippen molar-refractivity contribution in [2.24, 2.45) is 0 Å². The molecule has 0 amide bonds. The topological polar surface area (TPSA) is 55.4 Å². The molecule has 0 saturated carbocycles. The zero-order valence-electron chi connectivity index (χ0n) is 11.8. The highest BCUT2D eigenvalue weighted by molar-refractivity contribution is 7.91. The molecular formula is C14H21NO3S. The van der Waals surface area contributed by atoms with Crippen molar-refractivity contribution >= 4 is 9.84 Å². The molecule has 0 aromatic heterocycles. The van der Waals surface area contributed by atoms with Gasteiger partial charge in [-0.05, 0) is 38.1 Å². The molecule has 0 bridgehead atoms. The molecule has 19 heavy (non-hydrogen) atoms. The first-order valence-electron chi connectivity index (χ1n) is 6.48. The summed E-state index contributed by atoms with van der Waals surface area (Å²) in [5, 5.41) is 2.64. The molecular weight excluding hydrogens is 262 g/mol. The molecule has 0 fully saturated rings. The molecule has 5 heteroatoms. The first-order chi connectivity index (χ1) is 8.82. The molecule has 1 aliphatic rings. The van der Waals surface area contributed by atoms with Crippen molar-refractivity contribution < 1.29 is 13.2 Å². The fraction of sp³-hybridized carbons (Fsp3) is 0.571. The maximum Gasteiger partial charge on any atom is 0.151 e. The highest BCUT2D eigenvalue weighted by atomic mass is 32.2. The number of fused-ring (bicyclic) bond motifs is 1. The average Bonchev–Trinajstić information content (AvgIpc) is 2.68. The van der Waals surface area contributed by atoms with E-state index in [-0.39, 0.29) is 12.1 Å². The number of nitrogens with one attached hydrogen (secondary N) is 1. The fourth-order valence-corrected chi connectivity index (χ4v) is 3.34. The van der Waals surface area contributed by atoms with Crippen LogP contribution in [0, 0.1) is 0 Å². The van der Waals surface area contributed by atoms with E-state index in [4.69, 9.17) is 4.74 Å². The van der Waals surface area contributed by atoms with Gasteiger partial charge in [0.15, 0.2) is 9.84 Å². The summed E-state index contributed by atoms with van der Waals surface area (Å²) in [6, 6.07) is 5.74. The van der Waals surface area contributed by atoms with E-state index in [9.17, 15) is 8.42 Å². The van der Waals surface area contributed by atoms with Gasteiger partial charge in [-0.15, -0.1) is 0 Å². The summed E-state index contributed by atoms with van der Waals surface area (Å²) in [5.74, 6) is 0.915. The summed E-state index contributed by atoms with van der Waals surface area (Å²) in [4.78, 5) is 0. The van der Waals surface area contributed by atoms with Crippen LogP contribution in [0.5, 0.6) is 5.75 Å².